The number of aryl methyl sites for hydroxylation is 1. The molecule has 0 radical (unpaired) electrons. The molecule has 0 aliphatic heterocycles. The monoisotopic (exact) mass is 476 g/mol. The number of rotatable bonds is 13. The van der Waals surface area contributed by atoms with Gasteiger partial charge in [0.05, 0.1) is 0 Å². The maximum Gasteiger partial charge on any atom is 0.0309 e. The SMILES string of the molecule is C=C(/C=C(\C=CCN(C)N)c1ccccc1)C(CCc1ccccc1)CC(/C=C\C)c1ccccc1. The van der Waals surface area contributed by atoms with Gasteiger partial charge in [-0.15, -0.1) is 0 Å². The predicted molar refractivity (Wildman–Crippen MR) is 156 cm³/mol. The molecular weight excluding hydrogens is 436 g/mol. The van der Waals surface area contributed by atoms with E-state index < -0.39 is 0 Å². The molecule has 0 saturated heterocycles. The maximum atomic E-state index is 5.84. The summed E-state index contributed by atoms with van der Waals surface area (Å²) in [6.07, 6.45) is 14.2. The molecule has 186 valence electrons. The van der Waals surface area contributed by atoms with Gasteiger partial charge in [-0.3, -0.25) is 5.84 Å². The fourth-order valence-electron chi connectivity index (χ4n) is 4.53. The number of hydrogen-bond acceptors (Lipinski definition) is 2. The van der Waals surface area contributed by atoms with Crippen LogP contribution in [0.2, 0.25) is 0 Å². The summed E-state index contributed by atoms with van der Waals surface area (Å²) in [5, 5.41) is 1.68. The number of nitrogens with two attached hydrogens (primary N) is 1. The molecule has 0 saturated carbocycles. The minimum absolute atomic E-state index is 0.343. The highest BCUT2D eigenvalue weighted by molar-refractivity contribution is 5.76. The van der Waals surface area contributed by atoms with E-state index in [1.165, 1.54) is 22.3 Å². The molecule has 2 atom stereocenters. The van der Waals surface area contributed by atoms with Crippen LogP contribution in [-0.2, 0) is 6.42 Å². The largest absolute Gasteiger partial charge is 0.269 e. The third-order valence-electron chi connectivity index (χ3n) is 6.48. The fraction of sp³-hybridized carbons (Fsp3) is 0.235. The van der Waals surface area contributed by atoms with E-state index in [2.05, 4.69) is 135 Å². The van der Waals surface area contributed by atoms with Crippen LogP contribution in [0.15, 0.2) is 134 Å². The highest BCUT2D eigenvalue weighted by atomic mass is 15.4. The summed E-state index contributed by atoms with van der Waals surface area (Å²) < 4.78 is 0. The van der Waals surface area contributed by atoms with E-state index in [-0.39, 0.29) is 0 Å². The standard InChI is InChI=1S/C34H40N2/c1-4-15-33(30-18-10-6-11-19-30)27-32(24-23-29-16-8-5-9-17-29)28(2)26-34(22-14-25-36(3)35)31-20-12-7-13-21-31/h4-22,26,32-33H,2,23-25,27,35H2,1,3H3/b15-4-,22-14?,34-26+. The van der Waals surface area contributed by atoms with Crippen molar-refractivity contribution in [3.05, 3.63) is 150 Å². The molecule has 2 N–H and O–H groups in total. The second-order valence-electron chi connectivity index (χ2n) is 9.38. The summed E-state index contributed by atoms with van der Waals surface area (Å²) in [5.74, 6) is 6.53. The molecule has 0 aromatic heterocycles. The van der Waals surface area contributed by atoms with Crippen molar-refractivity contribution in [2.45, 2.75) is 32.1 Å². The first-order chi connectivity index (χ1) is 17.6. The quantitative estimate of drug-likeness (QED) is 0.117. The van der Waals surface area contributed by atoms with E-state index in [1.807, 2.05) is 7.05 Å². The number of hydrogen-bond donors (Lipinski definition) is 1. The van der Waals surface area contributed by atoms with Gasteiger partial charge in [-0.2, -0.15) is 0 Å². The summed E-state index contributed by atoms with van der Waals surface area (Å²) in [4.78, 5) is 0. The Balaban J connectivity index is 1.91. The van der Waals surface area contributed by atoms with Gasteiger partial charge >= 0.3 is 0 Å². The van der Waals surface area contributed by atoms with E-state index in [0.29, 0.717) is 18.4 Å². The predicted octanol–water partition coefficient (Wildman–Crippen LogP) is 7.99. The first-order valence-electron chi connectivity index (χ1n) is 12.9. The van der Waals surface area contributed by atoms with E-state index in [4.69, 9.17) is 5.84 Å². The molecule has 0 fully saturated rings. The average molecular weight is 477 g/mol. The Labute approximate surface area is 218 Å². The number of nitrogens with zero attached hydrogens (tertiary/aromatic N) is 1. The van der Waals surface area contributed by atoms with Crippen LogP contribution in [0.3, 0.4) is 0 Å². The molecule has 2 unspecified atom stereocenters. The molecular formula is C34H40N2. The van der Waals surface area contributed by atoms with Gasteiger partial charge in [0.25, 0.3) is 0 Å². The van der Waals surface area contributed by atoms with Gasteiger partial charge < -0.3 is 0 Å². The molecule has 0 bridgehead atoms. The van der Waals surface area contributed by atoms with Crippen molar-refractivity contribution < 1.29 is 0 Å². The third kappa shape index (κ3) is 8.96. The van der Waals surface area contributed by atoms with Crippen molar-refractivity contribution in [2.24, 2.45) is 11.8 Å². The lowest BCUT2D eigenvalue weighted by Gasteiger charge is -2.24. The van der Waals surface area contributed by atoms with Crippen LogP contribution in [0.4, 0.5) is 0 Å². The normalized spacial score (nSPS) is 13.9. The third-order valence-corrected chi connectivity index (χ3v) is 6.48. The maximum absolute atomic E-state index is 5.84. The minimum Gasteiger partial charge on any atom is -0.269 e. The van der Waals surface area contributed by atoms with Crippen LogP contribution in [0.1, 0.15) is 42.4 Å². The van der Waals surface area contributed by atoms with Gasteiger partial charge in [0.2, 0.25) is 0 Å². The molecule has 2 nitrogen and oxygen atoms in total. The van der Waals surface area contributed by atoms with Crippen LogP contribution in [-0.4, -0.2) is 18.6 Å². The van der Waals surface area contributed by atoms with Gasteiger partial charge in [0.15, 0.2) is 0 Å². The molecule has 0 spiro atoms. The van der Waals surface area contributed by atoms with E-state index >= 15 is 0 Å². The van der Waals surface area contributed by atoms with E-state index in [9.17, 15) is 0 Å². The van der Waals surface area contributed by atoms with Crippen LogP contribution < -0.4 is 5.84 Å². The number of likely N-dealkylation sites (N-methyl/N-ethyl adjacent to an activating group) is 1. The van der Waals surface area contributed by atoms with Gasteiger partial charge in [-0.1, -0.05) is 134 Å². The summed E-state index contributed by atoms with van der Waals surface area (Å²) in [6, 6.07) is 32.1. The van der Waals surface area contributed by atoms with Crippen molar-refractivity contribution in [3.8, 4) is 0 Å². The fourth-order valence-corrected chi connectivity index (χ4v) is 4.53. The highest BCUT2D eigenvalue weighted by Gasteiger charge is 2.19. The Bertz CT molecular complexity index is 1130. The van der Waals surface area contributed by atoms with Gasteiger partial charge in [-0.25, -0.2) is 5.01 Å². The van der Waals surface area contributed by atoms with Crippen molar-refractivity contribution in [1.82, 2.24) is 5.01 Å². The van der Waals surface area contributed by atoms with Crippen LogP contribution in [0, 0.1) is 5.92 Å². The Morgan fingerprint density at radius 3 is 2.14 bits per heavy atom. The highest BCUT2D eigenvalue weighted by Crippen LogP contribution is 2.33. The molecule has 0 aliphatic carbocycles. The summed E-state index contributed by atoms with van der Waals surface area (Å²) in [7, 11) is 1.87. The minimum atomic E-state index is 0.343. The lowest BCUT2D eigenvalue weighted by atomic mass is 9.81. The molecule has 36 heavy (non-hydrogen) atoms. The van der Waals surface area contributed by atoms with Crippen LogP contribution >= 0.6 is 0 Å². The summed E-state index contributed by atoms with van der Waals surface area (Å²) in [5.41, 5.74) is 6.24. The second-order valence-corrected chi connectivity index (χ2v) is 9.38. The van der Waals surface area contributed by atoms with Crippen molar-refractivity contribution in [2.75, 3.05) is 13.6 Å². The van der Waals surface area contributed by atoms with Gasteiger partial charge in [0.1, 0.15) is 0 Å². The first kappa shape index (κ1) is 27.1. The lowest BCUT2D eigenvalue weighted by Crippen LogP contribution is -2.25. The Hall–Kier alpha value is -3.46. The number of allylic oxidation sites excluding steroid dienone is 6. The zero-order chi connectivity index (χ0) is 25.6. The molecule has 0 heterocycles. The Morgan fingerprint density at radius 2 is 1.53 bits per heavy atom. The smallest absolute Gasteiger partial charge is 0.0309 e. The molecule has 3 aromatic carbocycles. The molecule has 0 amide bonds. The average Bonchev–Trinajstić information content (AvgIpc) is 2.91. The van der Waals surface area contributed by atoms with Crippen molar-refractivity contribution in [3.63, 3.8) is 0 Å². The first-order valence-corrected chi connectivity index (χ1v) is 12.9. The van der Waals surface area contributed by atoms with Crippen LogP contribution in [0.5, 0.6) is 0 Å². The zero-order valence-electron chi connectivity index (χ0n) is 21.8. The van der Waals surface area contributed by atoms with E-state index in [0.717, 1.165) is 24.8 Å². The van der Waals surface area contributed by atoms with Crippen molar-refractivity contribution in [1.29, 1.82) is 0 Å². The second kappa shape index (κ2) is 14.8. The molecule has 2 heteroatoms. The molecule has 3 aromatic rings. The topological polar surface area (TPSA) is 29.3 Å². The van der Waals surface area contributed by atoms with E-state index in [1.54, 1.807) is 5.01 Å². The summed E-state index contributed by atoms with van der Waals surface area (Å²) in [6.45, 7) is 7.41. The van der Waals surface area contributed by atoms with Crippen molar-refractivity contribution >= 4 is 5.57 Å². The molecule has 0 aliphatic rings. The van der Waals surface area contributed by atoms with Crippen LogP contribution in [0.25, 0.3) is 5.57 Å². The van der Waals surface area contributed by atoms with Gasteiger partial charge in [-0.05, 0) is 54.4 Å². The Kier molecular flexibility index (Phi) is 11.2. The zero-order valence-corrected chi connectivity index (χ0v) is 21.8. The summed E-state index contributed by atoms with van der Waals surface area (Å²) >= 11 is 0. The molecule has 3 rings (SSSR count). The Morgan fingerprint density at radius 1 is 0.917 bits per heavy atom. The lowest BCUT2D eigenvalue weighted by molar-refractivity contribution is 0.389. The van der Waals surface area contributed by atoms with Gasteiger partial charge in [0, 0.05) is 19.5 Å². The number of benzene rings is 3. The number of hydrazine groups is 1.